The molecule has 0 spiro atoms. The van der Waals surface area contributed by atoms with E-state index in [2.05, 4.69) is 4.74 Å². The summed E-state index contributed by atoms with van der Waals surface area (Å²) in [5, 5.41) is 9.05. The summed E-state index contributed by atoms with van der Waals surface area (Å²) in [4.78, 5) is 0. The lowest BCUT2D eigenvalue weighted by molar-refractivity contribution is -0.274. The van der Waals surface area contributed by atoms with Crippen molar-refractivity contribution in [2.24, 2.45) is 0 Å². The van der Waals surface area contributed by atoms with Gasteiger partial charge in [-0.05, 0) is 12.1 Å². The van der Waals surface area contributed by atoms with Crippen molar-refractivity contribution >= 4 is 0 Å². The van der Waals surface area contributed by atoms with E-state index in [-0.39, 0.29) is 18.0 Å². The maximum absolute atomic E-state index is 12.0. The van der Waals surface area contributed by atoms with Crippen molar-refractivity contribution in [1.29, 1.82) is 0 Å². The highest BCUT2D eigenvalue weighted by molar-refractivity contribution is 5.33. The zero-order valence-corrected chi connectivity index (χ0v) is 8.78. The molecular weight excluding hydrogens is 237 g/mol. The third kappa shape index (κ3) is 3.52. The van der Waals surface area contributed by atoms with E-state index in [1.807, 2.05) is 0 Å². The molecule has 1 aliphatic carbocycles. The second kappa shape index (κ2) is 4.44. The average molecular weight is 248 g/mol. The molecule has 2 rings (SSSR count). The van der Waals surface area contributed by atoms with Crippen LogP contribution in [0.1, 0.15) is 12.8 Å². The van der Waals surface area contributed by atoms with Crippen LogP contribution in [-0.2, 0) is 0 Å². The number of hydrogen-bond acceptors (Lipinski definition) is 3. The lowest BCUT2D eigenvalue weighted by atomic mass is 9.92. The largest absolute Gasteiger partial charge is 0.573 e. The Morgan fingerprint density at radius 3 is 2.41 bits per heavy atom. The fraction of sp³-hybridized carbons (Fsp3) is 0.455. The molecule has 0 bridgehead atoms. The van der Waals surface area contributed by atoms with Crippen LogP contribution in [0.25, 0.3) is 0 Å². The Balaban J connectivity index is 1.96. The minimum atomic E-state index is -4.70. The molecule has 0 atom stereocenters. The van der Waals surface area contributed by atoms with Crippen LogP contribution in [-0.4, -0.2) is 23.7 Å². The molecule has 1 saturated carbocycles. The van der Waals surface area contributed by atoms with Gasteiger partial charge in [-0.2, -0.15) is 0 Å². The van der Waals surface area contributed by atoms with E-state index >= 15 is 0 Å². The van der Waals surface area contributed by atoms with Gasteiger partial charge < -0.3 is 14.6 Å². The summed E-state index contributed by atoms with van der Waals surface area (Å²) in [6, 6.07) is 5.35. The van der Waals surface area contributed by atoms with Crippen LogP contribution < -0.4 is 9.47 Å². The number of aliphatic hydroxyl groups is 1. The van der Waals surface area contributed by atoms with Gasteiger partial charge in [0.15, 0.2) is 0 Å². The van der Waals surface area contributed by atoms with E-state index in [1.54, 1.807) is 6.07 Å². The smallest absolute Gasteiger partial charge is 0.490 e. The molecule has 0 heterocycles. The summed E-state index contributed by atoms with van der Waals surface area (Å²) in [7, 11) is 0. The van der Waals surface area contributed by atoms with Crippen LogP contribution in [0.15, 0.2) is 24.3 Å². The molecule has 6 heteroatoms. The second-order valence-electron chi connectivity index (χ2n) is 3.89. The third-order valence-electron chi connectivity index (χ3n) is 2.41. The monoisotopic (exact) mass is 248 g/mol. The number of alkyl halides is 3. The summed E-state index contributed by atoms with van der Waals surface area (Å²) >= 11 is 0. The van der Waals surface area contributed by atoms with E-state index < -0.39 is 6.36 Å². The van der Waals surface area contributed by atoms with Gasteiger partial charge in [0.1, 0.15) is 17.6 Å². The highest BCUT2D eigenvalue weighted by Gasteiger charge is 2.32. The molecule has 1 fully saturated rings. The molecular formula is C11H11F3O3. The number of aliphatic hydroxyl groups excluding tert-OH is 1. The number of ether oxygens (including phenoxy) is 2. The first kappa shape index (κ1) is 12.0. The second-order valence-corrected chi connectivity index (χ2v) is 3.89. The van der Waals surface area contributed by atoms with Crippen LogP contribution in [0.2, 0.25) is 0 Å². The van der Waals surface area contributed by atoms with Gasteiger partial charge in [0, 0.05) is 18.9 Å². The summed E-state index contributed by atoms with van der Waals surface area (Å²) in [5.74, 6) is -0.00137. The molecule has 0 unspecified atom stereocenters. The maximum Gasteiger partial charge on any atom is 0.573 e. The first-order valence-electron chi connectivity index (χ1n) is 5.13. The maximum atomic E-state index is 12.0. The normalized spacial score (nSPS) is 24.0. The van der Waals surface area contributed by atoms with Crippen molar-refractivity contribution in [2.75, 3.05) is 0 Å². The highest BCUT2D eigenvalue weighted by atomic mass is 19.4. The first-order valence-corrected chi connectivity index (χ1v) is 5.13. The molecule has 1 aromatic carbocycles. The Hall–Kier alpha value is -1.43. The first-order chi connectivity index (χ1) is 7.92. The van der Waals surface area contributed by atoms with E-state index in [0.29, 0.717) is 18.6 Å². The van der Waals surface area contributed by atoms with Gasteiger partial charge in [0.05, 0.1) is 6.10 Å². The van der Waals surface area contributed by atoms with E-state index in [1.165, 1.54) is 18.2 Å². The van der Waals surface area contributed by atoms with Crippen molar-refractivity contribution in [2.45, 2.75) is 31.4 Å². The fourth-order valence-corrected chi connectivity index (χ4v) is 1.57. The highest BCUT2D eigenvalue weighted by Crippen LogP contribution is 2.29. The van der Waals surface area contributed by atoms with Gasteiger partial charge in [-0.15, -0.1) is 13.2 Å². The van der Waals surface area contributed by atoms with Gasteiger partial charge in [-0.3, -0.25) is 0 Å². The third-order valence-corrected chi connectivity index (χ3v) is 2.41. The topological polar surface area (TPSA) is 38.7 Å². The van der Waals surface area contributed by atoms with Gasteiger partial charge in [-0.25, -0.2) is 0 Å². The quantitative estimate of drug-likeness (QED) is 0.893. The minimum absolute atomic E-state index is 0.133. The predicted octanol–water partition coefficient (Wildman–Crippen LogP) is 2.49. The van der Waals surface area contributed by atoms with Gasteiger partial charge in [-0.1, -0.05) is 6.07 Å². The van der Waals surface area contributed by atoms with Crippen LogP contribution in [0.3, 0.4) is 0 Å². The summed E-state index contributed by atoms with van der Waals surface area (Å²) in [6.07, 6.45) is -4.19. The Morgan fingerprint density at radius 1 is 1.18 bits per heavy atom. The zero-order chi connectivity index (χ0) is 12.5. The lowest BCUT2D eigenvalue weighted by Gasteiger charge is -2.31. The molecule has 1 aliphatic rings. The van der Waals surface area contributed by atoms with Crippen molar-refractivity contribution in [1.82, 2.24) is 0 Å². The van der Waals surface area contributed by atoms with Crippen molar-refractivity contribution < 1.29 is 27.8 Å². The molecule has 1 aromatic rings. The fourth-order valence-electron chi connectivity index (χ4n) is 1.57. The number of benzene rings is 1. The Labute approximate surface area is 95.8 Å². The Bertz CT molecular complexity index is 386. The standard InChI is InChI=1S/C11H11F3O3/c12-11(13,14)17-9-3-1-2-8(6-9)16-10-4-7(15)5-10/h1-3,6-7,10,15H,4-5H2. The van der Waals surface area contributed by atoms with E-state index in [9.17, 15) is 13.2 Å². The van der Waals surface area contributed by atoms with Gasteiger partial charge in [0.25, 0.3) is 0 Å². The van der Waals surface area contributed by atoms with Gasteiger partial charge >= 0.3 is 6.36 Å². The Morgan fingerprint density at radius 2 is 1.82 bits per heavy atom. The number of hydrogen-bond donors (Lipinski definition) is 1. The Kier molecular flexibility index (Phi) is 3.15. The van der Waals surface area contributed by atoms with Crippen molar-refractivity contribution in [3.8, 4) is 11.5 Å². The average Bonchev–Trinajstić information content (AvgIpc) is 2.13. The molecule has 0 amide bonds. The lowest BCUT2D eigenvalue weighted by Crippen LogP contribution is -2.37. The van der Waals surface area contributed by atoms with Crippen LogP contribution in [0, 0.1) is 0 Å². The molecule has 0 radical (unpaired) electrons. The number of rotatable bonds is 3. The summed E-state index contributed by atoms with van der Waals surface area (Å²) in [5.41, 5.74) is 0. The molecule has 1 N–H and O–H groups in total. The summed E-state index contributed by atoms with van der Waals surface area (Å²) in [6.45, 7) is 0. The molecule has 17 heavy (non-hydrogen) atoms. The van der Waals surface area contributed by atoms with Gasteiger partial charge in [0.2, 0.25) is 0 Å². The van der Waals surface area contributed by atoms with Crippen molar-refractivity contribution in [3.63, 3.8) is 0 Å². The molecule has 94 valence electrons. The molecule has 0 aliphatic heterocycles. The molecule has 0 aromatic heterocycles. The van der Waals surface area contributed by atoms with E-state index in [0.717, 1.165) is 0 Å². The van der Waals surface area contributed by atoms with Crippen LogP contribution >= 0.6 is 0 Å². The molecule has 3 nitrogen and oxygen atoms in total. The molecule has 0 saturated heterocycles. The number of halogens is 3. The SMILES string of the molecule is OC1CC(Oc2cccc(OC(F)(F)F)c2)C1. The van der Waals surface area contributed by atoms with Crippen LogP contribution in [0.5, 0.6) is 11.5 Å². The zero-order valence-electron chi connectivity index (χ0n) is 8.78. The minimum Gasteiger partial charge on any atom is -0.490 e. The predicted molar refractivity (Wildman–Crippen MR) is 52.8 cm³/mol. The van der Waals surface area contributed by atoms with E-state index in [4.69, 9.17) is 9.84 Å². The van der Waals surface area contributed by atoms with Crippen molar-refractivity contribution in [3.05, 3.63) is 24.3 Å². The van der Waals surface area contributed by atoms with Crippen LogP contribution in [0.4, 0.5) is 13.2 Å². The summed E-state index contributed by atoms with van der Waals surface area (Å²) < 4.78 is 45.0.